The van der Waals surface area contributed by atoms with E-state index in [-0.39, 0.29) is 23.8 Å². The van der Waals surface area contributed by atoms with Gasteiger partial charge < -0.3 is 15.4 Å². The van der Waals surface area contributed by atoms with Crippen molar-refractivity contribution in [2.75, 3.05) is 32.1 Å². The Labute approximate surface area is 141 Å². The lowest BCUT2D eigenvalue weighted by Gasteiger charge is -2.15. The maximum atomic E-state index is 12.4. The number of ether oxygens (including phenoxy) is 1. The largest absolute Gasteiger partial charge is 0.385 e. The van der Waals surface area contributed by atoms with E-state index >= 15 is 0 Å². The fraction of sp³-hybridized carbons (Fsp3) is 0.471. The summed E-state index contributed by atoms with van der Waals surface area (Å²) in [4.78, 5) is 37.7. The van der Waals surface area contributed by atoms with E-state index in [1.807, 2.05) is 13.8 Å². The summed E-state index contributed by atoms with van der Waals surface area (Å²) < 4.78 is 4.91. The number of carbonyl (C=O) groups excluding carboxylic acids is 3. The average molecular weight is 333 g/mol. The second-order valence-corrected chi connectivity index (χ2v) is 6.10. The number of imide groups is 1. The number of urea groups is 1. The smallest absolute Gasteiger partial charge is 0.319 e. The highest BCUT2D eigenvalue weighted by Gasteiger charge is 2.35. The highest BCUT2D eigenvalue weighted by Crippen LogP contribution is 2.26. The van der Waals surface area contributed by atoms with Crippen molar-refractivity contribution < 1.29 is 19.1 Å². The van der Waals surface area contributed by atoms with Gasteiger partial charge in [-0.3, -0.25) is 14.5 Å². The maximum Gasteiger partial charge on any atom is 0.319 e. The second-order valence-electron chi connectivity index (χ2n) is 6.10. The lowest BCUT2D eigenvalue weighted by atomic mass is 10.1. The molecular formula is C17H23N3O4. The van der Waals surface area contributed by atoms with Crippen LogP contribution in [0.15, 0.2) is 18.2 Å². The van der Waals surface area contributed by atoms with Crippen LogP contribution in [0, 0.1) is 5.92 Å². The van der Waals surface area contributed by atoms with E-state index in [1.54, 1.807) is 25.3 Å². The van der Waals surface area contributed by atoms with Gasteiger partial charge in [-0.2, -0.15) is 0 Å². The Hall–Kier alpha value is -2.41. The monoisotopic (exact) mass is 333 g/mol. The third-order valence-electron chi connectivity index (χ3n) is 3.59. The van der Waals surface area contributed by atoms with Crippen molar-refractivity contribution in [3.8, 4) is 0 Å². The summed E-state index contributed by atoms with van der Waals surface area (Å²) >= 11 is 0. The van der Waals surface area contributed by atoms with Gasteiger partial charge in [0, 0.05) is 32.5 Å². The van der Waals surface area contributed by atoms with Crippen LogP contribution in [0.25, 0.3) is 0 Å². The Morgan fingerprint density at radius 2 is 1.92 bits per heavy atom. The van der Waals surface area contributed by atoms with Gasteiger partial charge in [-0.1, -0.05) is 13.8 Å². The van der Waals surface area contributed by atoms with Crippen molar-refractivity contribution in [1.29, 1.82) is 0 Å². The van der Waals surface area contributed by atoms with Crippen LogP contribution in [-0.4, -0.2) is 49.6 Å². The Morgan fingerprint density at radius 1 is 1.21 bits per heavy atom. The molecule has 0 bridgehead atoms. The minimum Gasteiger partial charge on any atom is -0.385 e. The number of carbonyl (C=O) groups is 3. The number of nitrogens with zero attached hydrogens (tertiary/aromatic N) is 1. The van der Waals surface area contributed by atoms with Gasteiger partial charge in [-0.25, -0.2) is 4.79 Å². The van der Waals surface area contributed by atoms with Crippen LogP contribution in [0.3, 0.4) is 0 Å². The fourth-order valence-corrected chi connectivity index (χ4v) is 2.49. The summed E-state index contributed by atoms with van der Waals surface area (Å²) in [5.41, 5.74) is 1.19. The zero-order valence-electron chi connectivity index (χ0n) is 14.2. The molecule has 1 aromatic carbocycles. The van der Waals surface area contributed by atoms with Gasteiger partial charge in [0.1, 0.15) is 0 Å². The van der Waals surface area contributed by atoms with Gasteiger partial charge in [0.05, 0.1) is 11.1 Å². The summed E-state index contributed by atoms with van der Waals surface area (Å²) in [6.07, 6.45) is 0.714. The van der Waals surface area contributed by atoms with E-state index in [0.29, 0.717) is 42.9 Å². The van der Waals surface area contributed by atoms with Crippen molar-refractivity contribution in [3.63, 3.8) is 0 Å². The van der Waals surface area contributed by atoms with E-state index in [4.69, 9.17) is 4.74 Å². The topological polar surface area (TPSA) is 87.7 Å². The molecule has 2 rings (SSSR count). The number of fused-ring (bicyclic) bond motifs is 1. The molecule has 4 amide bonds. The third-order valence-corrected chi connectivity index (χ3v) is 3.59. The Balaban J connectivity index is 2.02. The van der Waals surface area contributed by atoms with Gasteiger partial charge in [-0.15, -0.1) is 0 Å². The molecule has 1 aliphatic heterocycles. The molecule has 1 aliphatic rings. The zero-order chi connectivity index (χ0) is 17.7. The SMILES string of the molecule is COCCCNC(=O)Nc1ccc2c(c1)C(=O)N(CC(C)C)C2=O. The summed E-state index contributed by atoms with van der Waals surface area (Å²) in [5.74, 6) is -0.394. The first-order valence-electron chi connectivity index (χ1n) is 7.98. The van der Waals surface area contributed by atoms with Gasteiger partial charge in [0.15, 0.2) is 0 Å². The molecule has 0 aliphatic carbocycles. The first kappa shape index (κ1) is 17.9. The van der Waals surface area contributed by atoms with Crippen LogP contribution in [0.1, 0.15) is 41.0 Å². The highest BCUT2D eigenvalue weighted by atomic mass is 16.5. The van der Waals surface area contributed by atoms with Gasteiger partial charge in [0.2, 0.25) is 0 Å². The molecule has 24 heavy (non-hydrogen) atoms. The molecule has 0 fully saturated rings. The highest BCUT2D eigenvalue weighted by molar-refractivity contribution is 6.21. The molecule has 1 heterocycles. The Kier molecular flexibility index (Phi) is 5.92. The van der Waals surface area contributed by atoms with Gasteiger partial charge >= 0.3 is 6.03 Å². The summed E-state index contributed by atoms with van der Waals surface area (Å²) in [5, 5.41) is 5.36. The van der Waals surface area contributed by atoms with Crippen molar-refractivity contribution in [2.24, 2.45) is 5.92 Å². The number of amides is 4. The summed E-state index contributed by atoms with van der Waals surface area (Å²) in [6, 6.07) is 4.39. The Morgan fingerprint density at radius 3 is 2.58 bits per heavy atom. The van der Waals surface area contributed by atoms with E-state index in [9.17, 15) is 14.4 Å². The van der Waals surface area contributed by atoms with E-state index < -0.39 is 0 Å². The predicted molar refractivity (Wildman–Crippen MR) is 90.2 cm³/mol. The molecule has 1 aromatic rings. The number of methoxy groups -OCH3 is 1. The third kappa shape index (κ3) is 4.11. The molecule has 7 nitrogen and oxygen atoms in total. The van der Waals surface area contributed by atoms with Crippen molar-refractivity contribution in [3.05, 3.63) is 29.3 Å². The van der Waals surface area contributed by atoms with E-state index in [1.165, 1.54) is 4.90 Å². The normalized spacial score (nSPS) is 13.4. The second kappa shape index (κ2) is 7.92. The van der Waals surface area contributed by atoms with Crippen LogP contribution in [0.5, 0.6) is 0 Å². The maximum absolute atomic E-state index is 12.4. The molecule has 130 valence electrons. The van der Waals surface area contributed by atoms with Gasteiger partial charge in [-0.05, 0) is 30.5 Å². The molecule has 0 saturated carbocycles. The number of nitrogens with one attached hydrogen (secondary N) is 2. The minimum absolute atomic E-state index is 0.197. The van der Waals surface area contributed by atoms with Crippen molar-refractivity contribution in [1.82, 2.24) is 10.2 Å². The molecule has 0 aromatic heterocycles. The number of hydrogen-bond donors (Lipinski definition) is 2. The standard InChI is InChI=1S/C17H23N3O4/c1-11(2)10-20-15(21)13-6-5-12(9-14(13)16(20)22)19-17(23)18-7-4-8-24-3/h5-6,9,11H,4,7-8,10H2,1-3H3,(H2,18,19,23). The first-order chi connectivity index (χ1) is 11.4. The lowest BCUT2D eigenvalue weighted by Crippen LogP contribution is -2.33. The number of rotatable bonds is 7. The van der Waals surface area contributed by atoms with E-state index in [2.05, 4.69) is 10.6 Å². The first-order valence-corrected chi connectivity index (χ1v) is 7.98. The molecule has 0 saturated heterocycles. The number of anilines is 1. The number of hydrogen-bond acceptors (Lipinski definition) is 4. The minimum atomic E-state index is -0.359. The number of benzene rings is 1. The fourth-order valence-electron chi connectivity index (χ4n) is 2.49. The molecule has 0 unspecified atom stereocenters. The van der Waals surface area contributed by atoms with Gasteiger partial charge in [0.25, 0.3) is 11.8 Å². The summed E-state index contributed by atoms with van der Waals surface area (Å²) in [7, 11) is 1.60. The molecule has 0 spiro atoms. The molecule has 2 N–H and O–H groups in total. The van der Waals surface area contributed by atoms with Crippen LogP contribution < -0.4 is 10.6 Å². The molecular weight excluding hydrogens is 310 g/mol. The predicted octanol–water partition coefficient (Wildman–Crippen LogP) is 2.10. The lowest BCUT2D eigenvalue weighted by molar-refractivity contribution is 0.0636. The van der Waals surface area contributed by atoms with Crippen molar-refractivity contribution >= 4 is 23.5 Å². The molecule has 0 atom stereocenters. The van der Waals surface area contributed by atoms with Crippen molar-refractivity contribution in [2.45, 2.75) is 20.3 Å². The zero-order valence-corrected chi connectivity index (χ0v) is 14.2. The molecule has 0 radical (unpaired) electrons. The van der Waals surface area contributed by atoms with Crippen LogP contribution in [0.2, 0.25) is 0 Å². The quantitative estimate of drug-likeness (QED) is 0.591. The van der Waals surface area contributed by atoms with Crippen LogP contribution in [0.4, 0.5) is 10.5 Å². The Bertz CT molecular complexity index is 643. The average Bonchev–Trinajstić information content (AvgIpc) is 2.76. The van der Waals surface area contributed by atoms with Crippen LogP contribution in [-0.2, 0) is 4.74 Å². The summed E-state index contributed by atoms with van der Waals surface area (Å²) in [6.45, 7) is 5.34. The molecule has 7 heteroatoms. The van der Waals surface area contributed by atoms with E-state index in [0.717, 1.165) is 0 Å². The van der Waals surface area contributed by atoms with Crippen LogP contribution >= 0.6 is 0 Å².